The maximum absolute atomic E-state index is 14.6. The first-order chi connectivity index (χ1) is 31.5. The number of aliphatic hydroxyl groups is 5. The highest BCUT2D eigenvalue weighted by atomic mass is 31.2. The van der Waals surface area contributed by atoms with Crippen LogP contribution in [0, 0.1) is 17.8 Å². The van der Waals surface area contributed by atoms with E-state index in [9.17, 15) is 35.1 Å². The van der Waals surface area contributed by atoms with Crippen LogP contribution in [0.3, 0.4) is 0 Å². The molecule has 0 aromatic rings. The molecule has 0 aromatic carbocycles. The highest BCUT2D eigenvalue weighted by Gasteiger charge is 2.53. The molecule has 0 radical (unpaired) electrons. The summed E-state index contributed by atoms with van der Waals surface area (Å²) in [6, 6.07) is -1.21. The molecule has 3 fully saturated rings. The minimum absolute atomic E-state index is 0.0895. The van der Waals surface area contributed by atoms with Gasteiger partial charge in [0, 0.05) is 65.7 Å². The third-order valence-electron chi connectivity index (χ3n) is 15.5. The lowest BCUT2D eigenvalue weighted by atomic mass is 9.77. The number of rotatable bonds is 19. The fourth-order valence-electron chi connectivity index (χ4n) is 11.1. The van der Waals surface area contributed by atoms with Gasteiger partial charge in [-0.2, -0.15) is 0 Å². The van der Waals surface area contributed by atoms with Gasteiger partial charge in [-0.05, 0) is 107 Å². The summed E-state index contributed by atoms with van der Waals surface area (Å²) in [5.41, 5.74) is -4.73. The molecule has 0 spiro atoms. The Bertz CT molecular complexity index is 1520. The van der Waals surface area contributed by atoms with E-state index in [0.717, 1.165) is 19.3 Å². The van der Waals surface area contributed by atoms with Crippen molar-refractivity contribution in [2.45, 2.75) is 249 Å². The minimum atomic E-state index is -1.98. The molecule has 3 aliphatic rings. The van der Waals surface area contributed by atoms with E-state index in [4.69, 9.17) is 28.4 Å². The Labute approximate surface area is 412 Å². The van der Waals surface area contributed by atoms with Crippen molar-refractivity contribution < 1.29 is 63.5 Å². The van der Waals surface area contributed by atoms with Gasteiger partial charge in [-0.3, -0.25) is 9.59 Å². The summed E-state index contributed by atoms with van der Waals surface area (Å²) < 4.78 is 38.1. The fourth-order valence-corrected chi connectivity index (χ4v) is 12.3. The van der Waals surface area contributed by atoms with Crippen LogP contribution in [-0.4, -0.2) is 191 Å². The number of cyclic esters (lactones) is 1. The van der Waals surface area contributed by atoms with Gasteiger partial charge in [-0.1, -0.05) is 59.3 Å². The van der Waals surface area contributed by atoms with Gasteiger partial charge in [0.15, 0.2) is 12.6 Å². The van der Waals surface area contributed by atoms with Crippen molar-refractivity contribution in [3.8, 4) is 0 Å². The van der Waals surface area contributed by atoms with Crippen molar-refractivity contribution in [3.05, 3.63) is 0 Å². The molecule has 5 N–H and O–H groups in total. The number of hydrogen-bond acceptors (Lipinski definition) is 14. The van der Waals surface area contributed by atoms with Crippen LogP contribution < -0.4 is 0 Å². The van der Waals surface area contributed by atoms with Gasteiger partial charge in [0.2, 0.25) is 5.91 Å². The normalized spacial score (nSPS) is 40.7. The lowest BCUT2D eigenvalue weighted by molar-refractivity contribution is -0.318. The van der Waals surface area contributed by atoms with Crippen LogP contribution in [0.1, 0.15) is 159 Å². The van der Waals surface area contributed by atoms with Crippen molar-refractivity contribution >= 4 is 19.1 Å². The molecule has 3 saturated heterocycles. The number of nitrogens with zero attached hydrogens (tertiary/aromatic N) is 2. The average molecular weight is 992 g/mol. The second-order valence-electron chi connectivity index (χ2n) is 23.2. The largest absolute Gasteiger partial charge is 0.459 e. The second kappa shape index (κ2) is 26.8. The quantitative estimate of drug-likeness (QED) is 0.0527. The number of esters is 1. The highest BCUT2D eigenvalue weighted by molar-refractivity contribution is 7.73. The molecule has 15 nitrogen and oxygen atoms in total. The van der Waals surface area contributed by atoms with Gasteiger partial charge in [0.25, 0.3) is 0 Å². The van der Waals surface area contributed by atoms with E-state index >= 15 is 0 Å². The van der Waals surface area contributed by atoms with Crippen LogP contribution in [0.15, 0.2) is 0 Å². The van der Waals surface area contributed by atoms with Crippen molar-refractivity contribution in [2.75, 3.05) is 53.9 Å². The summed E-state index contributed by atoms with van der Waals surface area (Å²) in [5.74, 6) is -3.19. The molecule has 0 aromatic heterocycles. The molecule has 400 valence electrons. The Morgan fingerprint density at radius 3 is 1.96 bits per heavy atom. The first-order valence-corrected chi connectivity index (χ1v) is 29.5. The van der Waals surface area contributed by atoms with Crippen LogP contribution >= 0.6 is 7.26 Å². The van der Waals surface area contributed by atoms with E-state index < -0.39 is 103 Å². The molecule has 18 atom stereocenters. The zero-order chi connectivity index (χ0) is 51.5. The number of unbranched alkanes of at least 4 members (excludes halogenated alkanes) is 8. The highest BCUT2D eigenvalue weighted by Crippen LogP contribution is 2.47. The third kappa shape index (κ3) is 17.0. The van der Waals surface area contributed by atoms with Crippen LogP contribution in [0.4, 0.5) is 0 Å². The molecule has 68 heavy (non-hydrogen) atoms. The monoisotopic (exact) mass is 992 g/mol. The van der Waals surface area contributed by atoms with E-state index in [2.05, 4.69) is 20.0 Å². The topological polar surface area (TPSA) is 197 Å². The van der Waals surface area contributed by atoms with Gasteiger partial charge < -0.3 is 63.8 Å². The molecule has 3 heterocycles. The first-order valence-electron chi connectivity index (χ1n) is 26.1. The SMILES string of the molecule is CC[C@H]1OC(=O)[C@H](C)[C@@H](O[C@H]2C[C@@](C)(OC)[C@@H](O)[C@H](C)O2)[C@H](C)[C@@H](O[C@@H]2O[C@H](C)C[C@H](N(C)C)[C@H]2O)[C@](C)(O)C[C@@H](C)CN(C(=O)CCCCCCCCCCC[P+](C)(C)C)[C@H](C)[C@@H](O)[C@]1(C)O. The van der Waals surface area contributed by atoms with Gasteiger partial charge in [-0.15, -0.1) is 0 Å². The zero-order valence-electron chi connectivity index (χ0n) is 45.3. The summed E-state index contributed by atoms with van der Waals surface area (Å²) in [5, 5.41) is 59.9. The van der Waals surface area contributed by atoms with Crippen molar-refractivity contribution in [2.24, 2.45) is 17.8 Å². The Morgan fingerprint density at radius 2 is 1.41 bits per heavy atom. The lowest BCUT2D eigenvalue weighted by Crippen LogP contribution is -2.60. The molecule has 3 rings (SSSR count). The Balaban J connectivity index is 2.01. The summed E-state index contributed by atoms with van der Waals surface area (Å²) >= 11 is 0. The number of amides is 1. The summed E-state index contributed by atoms with van der Waals surface area (Å²) in [6.45, 7) is 24.7. The standard InChI is InChI=1S/C52H100N2O13P/c1-17-40-52(10,61)45(57)37(6)54(41(55)27-25-23-21-19-18-20-22-24-26-28-68(14,15)16)32-33(2)30-50(8,60)47(67-49-43(56)39(53(11)12)29-34(3)63-49)35(4)44(36(5)48(59)65-40)66-42-31-51(9,62-13)46(58)38(7)64-42/h33-40,42-47,49,56-58,60-61H,17-32H2,1-16H3/q+1/t33-,34-,35+,36-,37-,38+,39+,40-,42+,43-,44+,45-,46+,47-,49+,50-,51-,52-/m1/s1. The number of hydrogen-bond donors (Lipinski definition) is 5. The predicted molar refractivity (Wildman–Crippen MR) is 269 cm³/mol. The fraction of sp³-hybridized carbons (Fsp3) is 0.962. The van der Waals surface area contributed by atoms with Crippen LogP contribution in [-0.2, 0) is 38.0 Å². The van der Waals surface area contributed by atoms with Crippen LogP contribution in [0.2, 0.25) is 0 Å². The Hall–Kier alpha value is -1.07. The number of likely N-dealkylation sites (N-methyl/N-ethyl adjacent to an activating group) is 1. The number of methoxy groups -OCH3 is 1. The molecular formula is C52H100N2O13P+. The van der Waals surface area contributed by atoms with Gasteiger partial charge in [0.05, 0.1) is 53.7 Å². The van der Waals surface area contributed by atoms with Gasteiger partial charge >= 0.3 is 5.97 Å². The molecular weight excluding hydrogens is 892 g/mol. The van der Waals surface area contributed by atoms with Gasteiger partial charge in [-0.25, -0.2) is 0 Å². The van der Waals surface area contributed by atoms with E-state index in [-0.39, 0.29) is 56.2 Å². The molecule has 0 bridgehead atoms. The van der Waals surface area contributed by atoms with Crippen molar-refractivity contribution in [1.82, 2.24) is 9.80 Å². The van der Waals surface area contributed by atoms with E-state index in [1.807, 2.05) is 32.8 Å². The first kappa shape index (κ1) is 61.2. The summed E-state index contributed by atoms with van der Waals surface area (Å²) in [4.78, 5) is 32.4. The predicted octanol–water partition coefficient (Wildman–Crippen LogP) is 6.61. The summed E-state index contributed by atoms with van der Waals surface area (Å²) in [7, 11) is 4.55. The number of carbonyl (C=O) groups excluding carboxylic acids is 2. The molecule has 0 aliphatic carbocycles. The number of ether oxygens (including phenoxy) is 6. The minimum Gasteiger partial charge on any atom is -0.459 e. The smallest absolute Gasteiger partial charge is 0.311 e. The second-order valence-corrected chi connectivity index (χ2v) is 28.2. The third-order valence-corrected chi connectivity index (χ3v) is 17.1. The molecule has 1 amide bonds. The molecule has 3 aliphatic heterocycles. The maximum Gasteiger partial charge on any atom is 0.311 e. The Kier molecular flexibility index (Phi) is 24.1. The lowest BCUT2D eigenvalue weighted by Gasteiger charge is -2.48. The van der Waals surface area contributed by atoms with Gasteiger partial charge in [0.1, 0.15) is 30.0 Å². The van der Waals surface area contributed by atoms with E-state index in [0.29, 0.717) is 12.8 Å². The number of carbonyl (C=O) groups is 2. The van der Waals surface area contributed by atoms with Crippen LogP contribution in [0.5, 0.6) is 0 Å². The zero-order valence-corrected chi connectivity index (χ0v) is 46.2. The van der Waals surface area contributed by atoms with E-state index in [1.54, 1.807) is 53.4 Å². The number of aliphatic hydroxyl groups excluding tert-OH is 3. The average Bonchev–Trinajstić information content (AvgIpc) is 3.25. The molecule has 0 saturated carbocycles. The molecule has 16 heteroatoms. The molecule has 0 unspecified atom stereocenters. The van der Waals surface area contributed by atoms with Crippen molar-refractivity contribution in [3.63, 3.8) is 0 Å². The maximum atomic E-state index is 14.6. The van der Waals surface area contributed by atoms with E-state index in [1.165, 1.54) is 52.3 Å². The Morgan fingerprint density at radius 1 is 0.838 bits per heavy atom. The van der Waals surface area contributed by atoms with Crippen molar-refractivity contribution in [1.29, 1.82) is 0 Å². The van der Waals surface area contributed by atoms with Crippen LogP contribution in [0.25, 0.3) is 0 Å². The summed E-state index contributed by atoms with van der Waals surface area (Å²) in [6.07, 6.45) is 2.36.